The Hall–Kier alpha value is -1.03. The van der Waals surface area contributed by atoms with Gasteiger partial charge in [-0.3, -0.25) is 0 Å². The Labute approximate surface area is 95.7 Å². The Morgan fingerprint density at radius 1 is 0.875 bits per heavy atom. The maximum Gasteiger partial charge on any atom is 0.416 e. The Morgan fingerprint density at radius 3 is 1.88 bits per heavy atom. The first kappa shape index (κ1) is 11.5. The predicted octanol–water partition coefficient (Wildman–Crippen LogP) is 4.85. The van der Waals surface area contributed by atoms with E-state index in [0.717, 1.165) is 16.3 Å². The van der Waals surface area contributed by atoms with Gasteiger partial charge in [0.1, 0.15) is 0 Å². The standard InChI is InChI=1S/C12H11F3S/c1-6-7(2)11(12(13,14)15)8(3)10-5-16-4-9(6)10/h4-5H,1-3H3. The van der Waals surface area contributed by atoms with E-state index in [1.807, 2.05) is 5.38 Å². The van der Waals surface area contributed by atoms with Crippen LogP contribution in [-0.2, 0) is 6.18 Å². The SMILES string of the molecule is Cc1c(C(F)(F)F)c(C)c2cscc2c1C. The minimum absolute atomic E-state index is 0.340. The number of fused-ring (bicyclic) bond motifs is 1. The van der Waals surface area contributed by atoms with Crippen LogP contribution in [0.15, 0.2) is 10.8 Å². The van der Waals surface area contributed by atoms with E-state index in [1.165, 1.54) is 11.3 Å². The molecule has 0 radical (unpaired) electrons. The molecule has 0 amide bonds. The Balaban J connectivity index is 2.94. The molecule has 0 saturated carbocycles. The van der Waals surface area contributed by atoms with Crippen molar-refractivity contribution < 1.29 is 13.2 Å². The highest BCUT2D eigenvalue weighted by Crippen LogP contribution is 2.40. The van der Waals surface area contributed by atoms with Gasteiger partial charge < -0.3 is 0 Å². The zero-order chi connectivity index (χ0) is 12.1. The highest BCUT2D eigenvalue weighted by molar-refractivity contribution is 7.09. The smallest absolute Gasteiger partial charge is 0.166 e. The molecule has 0 fully saturated rings. The van der Waals surface area contributed by atoms with Crippen LogP contribution in [0.4, 0.5) is 13.2 Å². The van der Waals surface area contributed by atoms with Crippen LogP contribution in [0.25, 0.3) is 10.8 Å². The van der Waals surface area contributed by atoms with E-state index in [0.29, 0.717) is 11.1 Å². The molecule has 2 aromatic rings. The lowest BCUT2D eigenvalue weighted by atomic mass is 9.93. The molecular weight excluding hydrogens is 233 g/mol. The second-order valence-electron chi connectivity index (χ2n) is 3.95. The van der Waals surface area contributed by atoms with Gasteiger partial charge in [0.25, 0.3) is 0 Å². The van der Waals surface area contributed by atoms with Crippen molar-refractivity contribution in [1.82, 2.24) is 0 Å². The number of aryl methyl sites for hydroxylation is 2. The van der Waals surface area contributed by atoms with Crippen molar-refractivity contribution in [2.24, 2.45) is 0 Å². The largest absolute Gasteiger partial charge is 0.416 e. The molecule has 0 bridgehead atoms. The molecule has 4 heteroatoms. The first-order valence-electron chi connectivity index (χ1n) is 4.87. The average Bonchev–Trinajstić information content (AvgIpc) is 2.61. The molecule has 86 valence electrons. The van der Waals surface area contributed by atoms with Crippen LogP contribution in [-0.4, -0.2) is 0 Å². The molecule has 0 unspecified atom stereocenters. The van der Waals surface area contributed by atoms with E-state index in [2.05, 4.69) is 0 Å². The molecule has 0 nitrogen and oxygen atoms in total. The van der Waals surface area contributed by atoms with Crippen LogP contribution in [0, 0.1) is 20.8 Å². The van der Waals surface area contributed by atoms with E-state index in [1.54, 1.807) is 26.2 Å². The number of hydrogen-bond acceptors (Lipinski definition) is 1. The molecule has 0 saturated heterocycles. The van der Waals surface area contributed by atoms with Gasteiger partial charge in [-0.1, -0.05) is 0 Å². The van der Waals surface area contributed by atoms with E-state index in [4.69, 9.17) is 0 Å². The number of benzene rings is 1. The van der Waals surface area contributed by atoms with Gasteiger partial charge in [0.2, 0.25) is 0 Å². The Bertz CT molecular complexity index is 549. The van der Waals surface area contributed by atoms with Crippen molar-refractivity contribution in [3.63, 3.8) is 0 Å². The molecule has 1 aromatic carbocycles. The fourth-order valence-corrected chi connectivity index (χ4v) is 3.06. The van der Waals surface area contributed by atoms with Gasteiger partial charge >= 0.3 is 6.18 Å². The van der Waals surface area contributed by atoms with Gasteiger partial charge in [0.15, 0.2) is 0 Å². The van der Waals surface area contributed by atoms with Gasteiger partial charge in [-0.25, -0.2) is 0 Å². The Morgan fingerprint density at radius 2 is 1.38 bits per heavy atom. The summed E-state index contributed by atoms with van der Waals surface area (Å²) in [6, 6.07) is 0. The third-order valence-corrected chi connectivity index (χ3v) is 3.81. The number of rotatable bonds is 0. The van der Waals surface area contributed by atoms with Crippen LogP contribution < -0.4 is 0 Å². The number of thiophene rings is 1. The van der Waals surface area contributed by atoms with Crippen molar-refractivity contribution in [3.8, 4) is 0 Å². The summed E-state index contributed by atoms with van der Waals surface area (Å²) in [5.74, 6) is 0. The molecule has 0 atom stereocenters. The summed E-state index contributed by atoms with van der Waals surface area (Å²) in [6.07, 6.45) is -4.27. The lowest BCUT2D eigenvalue weighted by Gasteiger charge is -2.17. The van der Waals surface area contributed by atoms with E-state index in [-0.39, 0.29) is 0 Å². The van der Waals surface area contributed by atoms with E-state index < -0.39 is 11.7 Å². The summed E-state index contributed by atoms with van der Waals surface area (Å²) in [5.41, 5.74) is 0.938. The van der Waals surface area contributed by atoms with Crippen LogP contribution >= 0.6 is 11.3 Å². The molecule has 0 aliphatic rings. The second-order valence-corrected chi connectivity index (χ2v) is 4.69. The molecule has 16 heavy (non-hydrogen) atoms. The summed E-state index contributed by atoms with van der Waals surface area (Å²) >= 11 is 1.44. The van der Waals surface area contributed by atoms with Gasteiger partial charge in [0, 0.05) is 0 Å². The second kappa shape index (κ2) is 3.48. The van der Waals surface area contributed by atoms with Crippen LogP contribution in [0.3, 0.4) is 0 Å². The van der Waals surface area contributed by atoms with Crippen molar-refractivity contribution >= 4 is 22.1 Å². The minimum Gasteiger partial charge on any atom is -0.166 e. The average molecular weight is 244 g/mol. The van der Waals surface area contributed by atoms with Gasteiger partial charge in [-0.15, -0.1) is 0 Å². The predicted molar refractivity (Wildman–Crippen MR) is 61.0 cm³/mol. The highest BCUT2D eigenvalue weighted by atomic mass is 32.1. The molecule has 0 aliphatic heterocycles. The van der Waals surface area contributed by atoms with Crippen molar-refractivity contribution in [3.05, 3.63) is 33.0 Å². The Kier molecular flexibility index (Phi) is 2.49. The molecule has 0 aliphatic carbocycles. The summed E-state index contributed by atoms with van der Waals surface area (Å²) in [7, 11) is 0. The monoisotopic (exact) mass is 244 g/mol. The molecule has 2 rings (SSSR count). The van der Waals surface area contributed by atoms with E-state index >= 15 is 0 Å². The molecule has 1 aromatic heterocycles. The lowest BCUT2D eigenvalue weighted by Crippen LogP contribution is -2.11. The normalized spacial score (nSPS) is 12.4. The summed E-state index contributed by atoms with van der Waals surface area (Å²) in [6.45, 7) is 4.84. The van der Waals surface area contributed by atoms with Gasteiger partial charge in [-0.05, 0) is 59.0 Å². The number of alkyl halides is 3. The maximum absolute atomic E-state index is 12.9. The third-order valence-electron chi connectivity index (χ3n) is 3.07. The zero-order valence-electron chi connectivity index (χ0n) is 9.20. The van der Waals surface area contributed by atoms with Crippen LogP contribution in [0.5, 0.6) is 0 Å². The van der Waals surface area contributed by atoms with Crippen LogP contribution in [0.1, 0.15) is 22.3 Å². The van der Waals surface area contributed by atoms with Crippen molar-refractivity contribution in [1.29, 1.82) is 0 Å². The molecule has 0 N–H and O–H groups in total. The zero-order valence-corrected chi connectivity index (χ0v) is 10.0. The first-order chi connectivity index (χ1) is 7.34. The number of hydrogen-bond donors (Lipinski definition) is 0. The molecule has 0 spiro atoms. The van der Waals surface area contributed by atoms with Crippen LogP contribution in [0.2, 0.25) is 0 Å². The highest BCUT2D eigenvalue weighted by Gasteiger charge is 2.35. The van der Waals surface area contributed by atoms with Gasteiger partial charge in [0.05, 0.1) is 5.56 Å². The number of halogens is 3. The lowest BCUT2D eigenvalue weighted by molar-refractivity contribution is -0.138. The fourth-order valence-electron chi connectivity index (χ4n) is 2.11. The minimum atomic E-state index is -4.27. The first-order valence-corrected chi connectivity index (χ1v) is 5.81. The van der Waals surface area contributed by atoms with E-state index in [9.17, 15) is 13.2 Å². The maximum atomic E-state index is 12.9. The molecule has 1 heterocycles. The molecular formula is C12H11F3S. The van der Waals surface area contributed by atoms with Crippen molar-refractivity contribution in [2.45, 2.75) is 26.9 Å². The summed E-state index contributed by atoms with van der Waals surface area (Å²) < 4.78 is 38.8. The van der Waals surface area contributed by atoms with Crippen molar-refractivity contribution in [2.75, 3.05) is 0 Å². The summed E-state index contributed by atoms with van der Waals surface area (Å²) in [5, 5.41) is 5.35. The fraction of sp³-hybridized carbons (Fsp3) is 0.333. The van der Waals surface area contributed by atoms with Gasteiger partial charge in [-0.2, -0.15) is 24.5 Å². The summed E-state index contributed by atoms with van der Waals surface area (Å²) in [4.78, 5) is 0. The topological polar surface area (TPSA) is 0 Å². The quantitative estimate of drug-likeness (QED) is 0.621. The third kappa shape index (κ3) is 1.52.